The highest BCUT2D eigenvalue weighted by Crippen LogP contribution is 2.26. The van der Waals surface area contributed by atoms with Crippen molar-refractivity contribution >= 4 is 66.4 Å². The van der Waals surface area contributed by atoms with E-state index in [1.165, 1.54) is 61.3 Å². The summed E-state index contributed by atoms with van der Waals surface area (Å²) in [6, 6.07) is 23.3. The van der Waals surface area contributed by atoms with Gasteiger partial charge in [0.25, 0.3) is 26.0 Å². The van der Waals surface area contributed by atoms with Crippen LogP contribution < -0.4 is 14.3 Å². The number of carbonyl (C=O) groups is 1. The van der Waals surface area contributed by atoms with E-state index in [0.29, 0.717) is 27.6 Å². The first-order valence-electron chi connectivity index (χ1n) is 11.8. The van der Waals surface area contributed by atoms with Crippen molar-refractivity contribution in [2.24, 2.45) is 0 Å². The summed E-state index contributed by atoms with van der Waals surface area (Å²) in [5.41, 5.74) is 2.24. The van der Waals surface area contributed by atoms with E-state index >= 15 is 0 Å². The zero-order valence-electron chi connectivity index (χ0n) is 21.8. The Morgan fingerprint density at radius 1 is 0.800 bits per heavy atom. The fraction of sp³-hybridized carbons (Fsp3) is 0.107. The first-order chi connectivity index (χ1) is 18.9. The molecule has 0 spiro atoms. The lowest BCUT2D eigenvalue weighted by atomic mass is 10.2. The second-order valence-corrected chi connectivity index (χ2v) is 13.7. The lowest BCUT2D eigenvalue weighted by molar-refractivity contribution is 0.102. The Hall–Kier alpha value is -3.51. The molecule has 0 bridgehead atoms. The first kappa shape index (κ1) is 29.5. The van der Waals surface area contributed by atoms with E-state index in [1.807, 2.05) is 13.2 Å². The summed E-state index contributed by atoms with van der Waals surface area (Å²) in [7, 11) is -6.19. The van der Waals surface area contributed by atoms with E-state index in [2.05, 4.69) is 10.0 Å². The molecule has 4 rings (SSSR count). The van der Waals surface area contributed by atoms with Gasteiger partial charge in [-0.1, -0.05) is 17.7 Å². The van der Waals surface area contributed by atoms with E-state index in [4.69, 9.17) is 11.6 Å². The Morgan fingerprint density at radius 2 is 1.38 bits per heavy atom. The molecule has 0 aliphatic heterocycles. The zero-order valence-corrected chi connectivity index (χ0v) is 25.0. The molecule has 0 fully saturated rings. The summed E-state index contributed by atoms with van der Waals surface area (Å²) in [5, 5.41) is 3.16. The normalized spacial score (nSPS) is 11.6. The molecule has 2 N–H and O–H groups in total. The second kappa shape index (κ2) is 11.9. The molecule has 0 aliphatic carbocycles. The molecule has 0 unspecified atom stereocenters. The van der Waals surface area contributed by atoms with Crippen molar-refractivity contribution < 1.29 is 21.6 Å². The smallest absolute Gasteiger partial charge is 0.264 e. The molecule has 208 valence electrons. The molecule has 0 saturated heterocycles. The number of aryl methyl sites for hydroxylation is 1. The number of nitrogens with zero attached hydrogens (tertiary/aromatic N) is 1. The minimum Gasteiger partial charge on any atom is -0.322 e. The van der Waals surface area contributed by atoms with Crippen molar-refractivity contribution in [2.45, 2.75) is 21.6 Å². The van der Waals surface area contributed by atoms with E-state index in [9.17, 15) is 21.6 Å². The maximum absolute atomic E-state index is 13.0. The van der Waals surface area contributed by atoms with Crippen LogP contribution in [0.5, 0.6) is 0 Å². The Bertz CT molecular complexity index is 1740. The van der Waals surface area contributed by atoms with Crippen LogP contribution in [0.4, 0.5) is 17.1 Å². The number of carbonyl (C=O) groups excluding carboxylic acids is 1. The molecule has 0 aromatic heterocycles. The number of benzene rings is 4. The standard InChI is InChI=1S/C28H26ClN3O5S3/c1-19-4-7-22(18-27(19)29)31-39(34,35)25-14-8-21(9-15-25)30-28(33)20-5-10-23(11-6-20)32(2)40(36,37)26-16-12-24(38-3)13-17-26/h4-18,31H,1-3H3,(H,30,33). The molecule has 4 aromatic rings. The number of nitrogens with one attached hydrogen (secondary N) is 2. The third-order valence-electron chi connectivity index (χ3n) is 6.06. The van der Waals surface area contributed by atoms with Gasteiger partial charge in [-0.25, -0.2) is 16.8 Å². The third-order valence-corrected chi connectivity index (χ3v) is 10.4. The Labute approximate surface area is 243 Å². The number of anilines is 3. The minimum atomic E-state index is -3.87. The van der Waals surface area contributed by atoms with Gasteiger partial charge in [0.05, 0.1) is 21.2 Å². The first-order valence-corrected chi connectivity index (χ1v) is 16.4. The van der Waals surface area contributed by atoms with Crippen molar-refractivity contribution in [1.82, 2.24) is 0 Å². The highest BCUT2D eigenvalue weighted by Gasteiger charge is 2.22. The van der Waals surface area contributed by atoms with Crippen LogP contribution in [0.1, 0.15) is 15.9 Å². The quantitative estimate of drug-likeness (QED) is 0.215. The zero-order chi connectivity index (χ0) is 29.1. The number of rotatable bonds is 9. The largest absolute Gasteiger partial charge is 0.322 e. The van der Waals surface area contributed by atoms with Crippen LogP contribution in [0.25, 0.3) is 0 Å². The Balaban J connectivity index is 1.42. The lowest BCUT2D eigenvalue weighted by Crippen LogP contribution is -2.26. The van der Waals surface area contributed by atoms with E-state index in [0.717, 1.165) is 14.8 Å². The van der Waals surface area contributed by atoms with Gasteiger partial charge in [0.1, 0.15) is 0 Å². The number of halogens is 1. The maximum Gasteiger partial charge on any atom is 0.264 e. The fourth-order valence-electron chi connectivity index (χ4n) is 3.66. The molecular formula is C28H26ClN3O5S3. The molecular weight excluding hydrogens is 590 g/mol. The monoisotopic (exact) mass is 615 g/mol. The Morgan fingerprint density at radius 3 is 1.95 bits per heavy atom. The SMILES string of the molecule is CSc1ccc(S(=O)(=O)N(C)c2ccc(C(=O)Nc3ccc(S(=O)(=O)Nc4ccc(C)c(Cl)c4)cc3)cc2)cc1. The van der Waals surface area contributed by atoms with Gasteiger partial charge in [0, 0.05) is 28.2 Å². The summed E-state index contributed by atoms with van der Waals surface area (Å²) in [4.78, 5) is 13.9. The van der Waals surface area contributed by atoms with Gasteiger partial charge in [0.15, 0.2) is 0 Å². The van der Waals surface area contributed by atoms with Crippen molar-refractivity contribution in [3.05, 3.63) is 107 Å². The van der Waals surface area contributed by atoms with Crippen LogP contribution >= 0.6 is 23.4 Å². The minimum absolute atomic E-state index is 0.0129. The fourth-order valence-corrected chi connectivity index (χ4v) is 6.49. The van der Waals surface area contributed by atoms with Gasteiger partial charge >= 0.3 is 0 Å². The summed E-state index contributed by atoms with van der Waals surface area (Å²) in [6.45, 7) is 1.82. The highest BCUT2D eigenvalue weighted by atomic mass is 35.5. The van der Waals surface area contributed by atoms with Crippen LogP contribution in [0, 0.1) is 6.92 Å². The van der Waals surface area contributed by atoms with Crippen LogP contribution in [-0.2, 0) is 20.0 Å². The molecule has 0 heterocycles. The molecule has 8 nitrogen and oxygen atoms in total. The number of hydrogen-bond donors (Lipinski definition) is 2. The van der Waals surface area contributed by atoms with Crippen molar-refractivity contribution in [3.63, 3.8) is 0 Å². The molecule has 0 radical (unpaired) electrons. The van der Waals surface area contributed by atoms with Gasteiger partial charge in [-0.15, -0.1) is 11.8 Å². The number of hydrogen-bond acceptors (Lipinski definition) is 6. The van der Waals surface area contributed by atoms with Crippen LogP contribution in [0.3, 0.4) is 0 Å². The summed E-state index contributed by atoms with van der Waals surface area (Å²) >= 11 is 7.60. The molecule has 1 amide bonds. The van der Waals surface area contributed by atoms with E-state index in [-0.39, 0.29) is 9.79 Å². The van der Waals surface area contributed by atoms with Gasteiger partial charge in [0.2, 0.25) is 0 Å². The topological polar surface area (TPSA) is 113 Å². The molecule has 40 heavy (non-hydrogen) atoms. The average molecular weight is 616 g/mol. The van der Waals surface area contributed by atoms with Gasteiger partial charge < -0.3 is 5.32 Å². The van der Waals surface area contributed by atoms with Gasteiger partial charge in [-0.3, -0.25) is 13.8 Å². The van der Waals surface area contributed by atoms with Crippen LogP contribution in [0.2, 0.25) is 5.02 Å². The average Bonchev–Trinajstić information content (AvgIpc) is 2.95. The molecule has 0 atom stereocenters. The van der Waals surface area contributed by atoms with Crippen molar-refractivity contribution in [1.29, 1.82) is 0 Å². The van der Waals surface area contributed by atoms with Crippen LogP contribution in [0.15, 0.2) is 106 Å². The summed E-state index contributed by atoms with van der Waals surface area (Å²) in [6.07, 6.45) is 1.91. The highest BCUT2D eigenvalue weighted by molar-refractivity contribution is 7.98. The molecule has 0 saturated carbocycles. The van der Waals surface area contributed by atoms with Gasteiger partial charge in [-0.05, 0) is 104 Å². The molecule has 4 aromatic carbocycles. The van der Waals surface area contributed by atoms with Crippen molar-refractivity contribution in [3.8, 4) is 0 Å². The van der Waals surface area contributed by atoms with Gasteiger partial charge in [-0.2, -0.15) is 0 Å². The lowest BCUT2D eigenvalue weighted by Gasteiger charge is -2.20. The van der Waals surface area contributed by atoms with E-state index in [1.54, 1.807) is 48.5 Å². The number of amides is 1. The Kier molecular flexibility index (Phi) is 8.79. The van der Waals surface area contributed by atoms with Crippen molar-refractivity contribution in [2.75, 3.05) is 27.6 Å². The van der Waals surface area contributed by atoms with Crippen LogP contribution in [-0.4, -0.2) is 36.0 Å². The second-order valence-electron chi connectivity index (χ2n) is 8.74. The third kappa shape index (κ3) is 6.61. The number of thioether (sulfide) groups is 1. The molecule has 12 heteroatoms. The number of sulfonamides is 2. The summed E-state index contributed by atoms with van der Waals surface area (Å²) in [5.74, 6) is -0.437. The predicted molar refractivity (Wildman–Crippen MR) is 162 cm³/mol. The predicted octanol–water partition coefficient (Wildman–Crippen LogP) is 6.25. The molecule has 0 aliphatic rings. The summed E-state index contributed by atoms with van der Waals surface area (Å²) < 4.78 is 55.1. The van der Waals surface area contributed by atoms with E-state index < -0.39 is 26.0 Å². The maximum atomic E-state index is 13.0.